The van der Waals surface area contributed by atoms with Gasteiger partial charge >= 0.3 is 5.97 Å². The molecule has 0 spiro atoms. The number of carbonyl (C=O) groups is 1. The predicted molar refractivity (Wildman–Crippen MR) is 83.6 cm³/mol. The van der Waals surface area contributed by atoms with Gasteiger partial charge in [-0.1, -0.05) is 42.5 Å². The normalized spacial score (nSPS) is 13.8. The molecule has 0 bridgehead atoms. The van der Waals surface area contributed by atoms with Crippen LogP contribution in [0.15, 0.2) is 42.5 Å². The van der Waals surface area contributed by atoms with Gasteiger partial charge in [-0.2, -0.15) is 0 Å². The molecule has 1 unspecified atom stereocenters. The molecule has 2 aromatic rings. The summed E-state index contributed by atoms with van der Waals surface area (Å²) in [5.41, 5.74) is 0.836. The summed E-state index contributed by atoms with van der Waals surface area (Å²) < 4.78 is 17.1. The Morgan fingerprint density at radius 2 is 1.90 bits per heavy atom. The first kappa shape index (κ1) is 15.7. The molecular formula is C16H19O4P. The third kappa shape index (κ3) is 4.42. The van der Waals surface area contributed by atoms with E-state index in [0.717, 1.165) is 16.3 Å². The van der Waals surface area contributed by atoms with Gasteiger partial charge in [-0.15, -0.1) is 0 Å². The molecule has 2 rings (SSSR count). The largest absolute Gasteiger partial charge is 0.466 e. The molecule has 0 saturated carbocycles. The molecule has 0 fully saturated rings. The van der Waals surface area contributed by atoms with E-state index in [1.807, 2.05) is 42.5 Å². The minimum atomic E-state index is -3.40. The zero-order chi connectivity index (χ0) is 15.3. The van der Waals surface area contributed by atoms with E-state index >= 15 is 0 Å². The standard InChI is InChI=1S/C16H19O4P/c1-2-20-16(17)10-11-21(18,19)12-14-8-5-7-13-6-3-4-9-15(13)14/h3-9H,2,10-12H2,1H3,(H,18,19). The van der Waals surface area contributed by atoms with Gasteiger partial charge in [-0.3, -0.25) is 9.36 Å². The lowest BCUT2D eigenvalue weighted by atomic mass is 10.1. The van der Waals surface area contributed by atoms with Gasteiger partial charge < -0.3 is 9.63 Å². The summed E-state index contributed by atoms with van der Waals surface area (Å²) in [7, 11) is -3.40. The van der Waals surface area contributed by atoms with Crippen molar-refractivity contribution in [3.05, 3.63) is 48.0 Å². The number of ether oxygens (including phenoxy) is 1. The number of benzene rings is 2. The predicted octanol–water partition coefficient (Wildman–Crippen LogP) is 3.56. The third-order valence-electron chi connectivity index (χ3n) is 3.27. The highest BCUT2D eigenvalue weighted by atomic mass is 31.2. The van der Waals surface area contributed by atoms with Crippen LogP contribution in [0.25, 0.3) is 10.8 Å². The molecule has 1 N–H and O–H groups in total. The van der Waals surface area contributed by atoms with Gasteiger partial charge in [0, 0.05) is 6.16 Å². The molecule has 21 heavy (non-hydrogen) atoms. The second kappa shape index (κ2) is 6.88. The molecule has 0 aliphatic rings. The Morgan fingerprint density at radius 3 is 2.67 bits per heavy atom. The van der Waals surface area contributed by atoms with Crippen LogP contribution in [0.3, 0.4) is 0 Å². The van der Waals surface area contributed by atoms with Crippen LogP contribution in [0.1, 0.15) is 18.9 Å². The van der Waals surface area contributed by atoms with Gasteiger partial charge in [0.1, 0.15) is 0 Å². The lowest BCUT2D eigenvalue weighted by Crippen LogP contribution is -2.07. The molecule has 1 atom stereocenters. The topological polar surface area (TPSA) is 63.6 Å². The number of carbonyl (C=O) groups excluding carboxylic acids is 1. The van der Waals surface area contributed by atoms with Crippen molar-refractivity contribution in [1.82, 2.24) is 0 Å². The van der Waals surface area contributed by atoms with Crippen LogP contribution in [0.4, 0.5) is 0 Å². The molecule has 0 aromatic heterocycles. The summed E-state index contributed by atoms with van der Waals surface area (Å²) in [5.74, 6) is -0.426. The lowest BCUT2D eigenvalue weighted by molar-refractivity contribution is -0.142. The lowest BCUT2D eigenvalue weighted by Gasteiger charge is -2.13. The summed E-state index contributed by atoms with van der Waals surface area (Å²) >= 11 is 0. The second-order valence-electron chi connectivity index (χ2n) is 4.92. The molecule has 0 saturated heterocycles. The molecule has 0 heterocycles. The van der Waals surface area contributed by atoms with Gasteiger partial charge in [-0.25, -0.2) is 0 Å². The highest BCUT2D eigenvalue weighted by Crippen LogP contribution is 2.46. The fourth-order valence-electron chi connectivity index (χ4n) is 2.27. The second-order valence-corrected chi connectivity index (χ2v) is 7.38. The number of esters is 1. The Morgan fingerprint density at radius 1 is 1.19 bits per heavy atom. The number of fused-ring (bicyclic) bond motifs is 1. The monoisotopic (exact) mass is 306 g/mol. The summed E-state index contributed by atoms with van der Waals surface area (Å²) in [6, 6.07) is 13.5. The van der Waals surface area contributed by atoms with Crippen molar-refractivity contribution < 1.29 is 19.0 Å². The molecule has 112 valence electrons. The minimum absolute atomic E-state index is 0.0214. The molecule has 0 amide bonds. The third-order valence-corrected chi connectivity index (χ3v) is 5.03. The van der Waals surface area contributed by atoms with Gasteiger partial charge in [-0.05, 0) is 23.3 Å². The maximum absolute atomic E-state index is 12.3. The Bertz CT molecular complexity index is 676. The quantitative estimate of drug-likeness (QED) is 0.654. The summed E-state index contributed by atoms with van der Waals surface area (Å²) in [6.45, 7) is 2.00. The maximum Gasteiger partial charge on any atom is 0.306 e. The molecule has 0 radical (unpaired) electrons. The average molecular weight is 306 g/mol. The Labute approximate surface area is 124 Å². The Balaban J connectivity index is 2.11. The van der Waals surface area contributed by atoms with E-state index < -0.39 is 13.3 Å². The fraction of sp³-hybridized carbons (Fsp3) is 0.312. The number of rotatable bonds is 6. The van der Waals surface area contributed by atoms with Gasteiger partial charge in [0.15, 0.2) is 0 Å². The minimum Gasteiger partial charge on any atom is -0.466 e. The molecular weight excluding hydrogens is 287 g/mol. The average Bonchev–Trinajstić information content (AvgIpc) is 2.46. The van der Waals surface area contributed by atoms with Gasteiger partial charge in [0.2, 0.25) is 7.37 Å². The van der Waals surface area contributed by atoms with E-state index in [0.29, 0.717) is 0 Å². The van der Waals surface area contributed by atoms with E-state index in [2.05, 4.69) is 0 Å². The highest BCUT2D eigenvalue weighted by Gasteiger charge is 2.21. The van der Waals surface area contributed by atoms with Crippen LogP contribution < -0.4 is 0 Å². The van der Waals surface area contributed by atoms with Crippen molar-refractivity contribution in [3.8, 4) is 0 Å². The zero-order valence-electron chi connectivity index (χ0n) is 12.0. The van der Waals surface area contributed by atoms with Crippen LogP contribution >= 0.6 is 7.37 Å². The first-order valence-electron chi connectivity index (χ1n) is 6.95. The maximum atomic E-state index is 12.3. The first-order valence-corrected chi connectivity index (χ1v) is 8.98. The van der Waals surface area contributed by atoms with E-state index in [4.69, 9.17) is 4.74 Å². The van der Waals surface area contributed by atoms with Crippen LogP contribution in [0, 0.1) is 0 Å². The van der Waals surface area contributed by atoms with E-state index in [-0.39, 0.29) is 25.4 Å². The Kier molecular flexibility index (Phi) is 5.16. The van der Waals surface area contributed by atoms with E-state index in [1.54, 1.807) is 6.92 Å². The van der Waals surface area contributed by atoms with Gasteiger partial charge in [0.05, 0.1) is 19.2 Å². The molecule has 0 aliphatic carbocycles. The van der Waals surface area contributed by atoms with E-state index in [1.165, 1.54) is 0 Å². The van der Waals surface area contributed by atoms with Crippen molar-refractivity contribution in [2.45, 2.75) is 19.5 Å². The van der Waals surface area contributed by atoms with Crippen molar-refractivity contribution in [3.63, 3.8) is 0 Å². The van der Waals surface area contributed by atoms with Gasteiger partial charge in [0.25, 0.3) is 0 Å². The fourth-order valence-corrected chi connectivity index (χ4v) is 3.77. The van der Waals surface area contributed by atoms with Crippen molar-refractivity contribution >= 4 is 24.1 Å². The highest BCUT2D eigenvalue weighted by molar-refractivity contribution is 7.57. The summed E-state index contributed by atoms with van der Waals surface area (Å²) in [6.07, 6.45) is 0.00912. The molecule has 2 aromatic carbocycles. The molecule has 4 nitrogen and oxygen atoms in total. The van der Waals surface area contributed by atoms with Crippen LogP contribution in [0.5, 0.6) is 0 Å². The van der Waals surface area contributed by atoms with Crippen LogP contribution in [0.2, 0.25) is 0 Å². The molecule has 5 heteroatoms. The first-order chi connectivity index (χ1) is 10.0. The zero-order valence-corrected chi connectivity index (χ0v) is 12.9. The van der Waals surface area contributed by atoms with Crippen molar-refractivity contribution in [2.24, 2.45) is 0 Å². The van der Waals surface area contributed by atoms with Crippen LogP contribution in [-0.4, -0.2) is 23.6 Å². The smallest absolute Gasteiger partial charge is 0.306 e. The van der Waals surface area contributed by atoms with Crippen LogP contribution in [-0.2, 0) is 20.3 Å². The summed E-state index contributed by atoms with van der Waals surface area (Å²) in [4.78, 5) is 21.4. The van der Waals surface area contributed by atoms with Crippen molar-refractivity contribution in [2.75, 3.05) is 12.8 Å². The van der Waals surface area contributed by atoms with E-state index in [9.17, 15) is 14.3 Å². The molecule has 0 aliphatic heterocycles. The number of hydrogen-bond donors (Lipinski definition) is 1. The Hall–Kier alpha value is -1.64. The van der Waals surface area contributed by atoms with Crippen molar-refractivity contribution in [1.29, 1.82) is 0 Å². The summed E-state index contributed by atoms with van der Waals surface area (Å²) in [5, 5.41) is 2.02. The SMILES string of the molecule is CCOC(=O)CCP(=O)(O)Cc1cccc2ccccc12. The number of hydrogen-bond acceptors (Lipinski definition) is 3.